The normalized spacial score (nSPS) is 13.8. The third-order valence-corrected chi connectivity index (χ3v) is 5.24. The molecule has 0 aromatic heterocycles. The Kier molecular flexibility index (Phi) is 3.63. The third-order valence-electron chi connectivity index (χ3n) is 3.34. The monoisotopic (exact) mass is 326 g/mol. The Morgan fingerprint density at radius 3 is 2.62 bits per heavy atom. The van der Waals surface area contributed by atoms with Crippen LogP contribution in [-0.4, -0.2) is 15.0 Å². The lowest BCUT2D eigenvalue weighted by molar-refractivity contribution is 0.354. The van der Waals surface area contributed by atoms with Crippen LogP contribution in [0, 0.1) is 5.82 Å². The quantitative estimate of drug-likeness (QED) is 0.812. The molecule has 0 amide bonds. The van der Waals surface area contributed by atoms with Crippen LogP contribution in [0.2, 0.25) is 5.02 Å². The first-order chi connectivity index (χ1) is 9.95. The average Bonchev–Trinajstić information content (AvgIpc) is 2.87. The van der Waals surface area contributed by atoms with E-state index in [9.17, 15) is 12.8 Å². The predicted octanol–water partition coefficient (Wildman–Crippen LogP) is 3.39. The van der Waals surface area contributed by atoms with Gasteiger partial charge >= 0.3 is 0 Å². The summed E-state index contributed by atoms with van der Waals surface area (Å²) < 4.78 is 43.2. The highest BCUT2D eigenvalue weighted by molar-refractivity contribution is 7.90. The number of halogens is 2. The Balaban J connectivity index is 1.98. The average molecular weight is 327 g/mol. The molecule has 0 unspecified atom stereocenters. The maximum absolute atomic E-state index is 12.9. The molecule has 0 bridgehead atoms. The van der Waals surface area contributed by atoms with Gasteiger partial charge in [0.15, 0.2) is 9.84 Å². The van der Waals surface area contributed by atoms with E-state index in [2.05, 4.69) is 0 Å². The molecule has 21 heavy (non-hydrogen) atoms. The fraction of sp³-hybridized carbons (Fsp3) is 0.200. The van der Waals surface area contributed by atoms with Gasteiger partial charge in [-0.05, 0) is 42.0 Å². The van der Waals surface area contributed by atoms with E-state index < -0.39 is 15.7 Å². The highest BCUT2D eigenvalue weighted by Gasteiger charge is 2.23. The standard InChI is InChI=1S/C15H12ClFO3S/c16-12-7-10-5-6-20-15(10)11(8-12)9-21(18,19)14-3-1-13(17)2-4-14/h1-4,7-8H,5-6,9H2. The highest BCUT2D eigenvalue weighted by atomic mass is 35.5. The van der Waals surface area contributed by atoms with E-state index >= 15 is 0 Å². The summed E-state index contributed by atoms with van der Waals surface area (Å²) in [6.07, 6.45) is 0.722. The van der Waals surface area contributed by atoms with Gasteiger partial charge in [0.2, 0.25) is 0 Å². The van der Waals surface area contributed by atoms with Crippen LogP contribution < -0.4 is 4.74 Å². The summed E-state index contributed by atoms with van der Waals surface area (Å²) in [6.45, 7) is 0.527. The molecule has 1 aliphatic heterocycles. The van der Waals surface area contributed by atoms with E-state index in [0.717, 1.165) is 24.1 Å². The van der Waals surface area contributed by atoms with Crippen molar-refractivity contribution in [2.24, 2.45) is 0 Å². The zero-order chi connectivity index (χ0) is 15.0. The van der Waals surface area contributed by atoms with Crippen molar-refractivity contribution >= 4 is 21.4 Å². The van der Waals surface area contributed by atoms with Crippen molar-refractivity contribution in [3.8, 4) is 5.75 Å². The second-order valence-corrected chi connectivity index (χ2v) is 7.29. The molecule has 0 fully saturated rings. The first-order valence-electron chi connectivity index (χ1n) is 6.38. The largest absolute Gasteiger partial charge is 0.493 e. The van der Waals surface area contributed by atoms with Gasteiger partial charge in [0, 0.05) is 17.0 Å². The van der Waals surface area contributed by atoms with Gasteiger partial charge in [-0.3, -0.25) is 0 Å². The second kappa shape index (κ2) is 5.31. The summed E-state index contributed by atoms with van der Waals surface area (Å²) in [5.41, 5.74) is 1.46. The zero-order valence-corrected chi connectivity index (χ0v) is 12.5. The molecule has 1 aliphatic rings. The van der Waals surface area contributed by atoms with Crippen LogP contribution in [0.25, 0.3) is 0 Å². The van der Waals surface area contributed by atoms with Gasteiger partial charge in [0.05, 0.1) is 17.3 Å². The van der Waals surface area contributed by atoms with Crippen molar-refractivity contribution in [2.45, 2.75) is 17.1 Å². The van der Waals surface area contributed by atoms with Gasteiger partial charge in [-0.1, -0.05) is 11.6 Å². The smallest absolute Gasteiger partial charge is 0.182 e. The number of sulfone groups is 1. The molecule has 0 spiro atoms. The van der Waals surface area contributed by atoms with Crippen LogP contribution in [0.4, 0.5) is 4.39 Å². The molecule has 2 aromatic rings. The van der Waals surface area contributed by atoms with Crippen LogP contribution in [-0.2, 0) is 22.0 Å². The Hall–Kier alpha value is -1.59. The Morgan fingerprint density at radius 1 is 1.19 bits per heavy atom. The van der Waals surface area contributed by atoms with Crippen molar-refractivity contribution in [3.63, 3.8) is 0 Å². The molecule has 3 rings (SSSR count). The van der Waals surface area contributed by atoms with Crippen molar-refractivity contribution in [1.82, 2.24) is 0 Å². The molecule has 1 heterocycles. The molecular weight excluding hydrogens is 315 g/mol. The summed E-state index contributed by atoms with van der Waals surface area (Å²) in [5.74, 6) is -0.0901. The van der Waals surface area contributed by atoms with E-state index in [1.165, 1.54) is 12.1 Å². The maximum atomic E-state index is 12.9. The minimum absolute atomic E-state index is 0.0793. The lowest BCUT2D eigenvalue weighted by atomic mass is 10.1. The fourth-order valence-corrected chi connectivity index (χ4v) is 3.99. The number of hydrogen-bond donors (Lipinski definition) is 0. The lowest BCUT2D eigenvalue weighted by Crippen LogP contribution is -2.06. The Labute approximate surface area is 127 Å². The summed E-state index contributed by atoms with van der Waals surface area (Å²) in [7, 11) is -3.57. The van der Waals surface area contributed by atoms with Crippen molar-refractivity contribution in [1.29, 1.82) is 0 Å². The molecular formula is C15H12ClFO3S. The SMILES string of the molecule is O=S(=O)(Cc1cc(Cl)cc2c1OCC2)c1ccc(F)cc1. The summed E-state index contributed by atoms with van der Waals surface area (Å²) >= 11 is 6.02. The molecule has 0 atom stereocenters. The van der Waals surface area contributed by atoms with Gasteiger partial charge in [-0.15, -0.1) is 0 Å². The molecule has 0 saturated carbocycles. The number of ether oxygens (including phenoxy) is 1. The van der Waals surface area contributed by atoms with Gasteiger partial charge in [-0.25, -0.2) is 12.8 Å². The number of rotatable bonds is 3. The molecule has 110 valence electrons. The maximum Gasteiger partial charge on any atom is 0.182 e. The minimum atomic E-state index is -3.57. The van der Waals surface area contributed by atoms with Gasteiger partial charge in [0.25, 0.3) is 0 Å². The molecule has 0 N–H and O–H groups in total. The summed E-state index contributed by atoms with van der Waals surface area (Å²) in [5, 5.41) is 0.489. The Bertz CT molecular complexity index is 785. The van der Waals surface area contributed by atoms with E-state index in [1.807, 2.05) is 0 Å². The third kappa shape index (κ3) is 2.89. The van der Waals surface area contributed by atoms with Crippen LogP contribution in [0.15, 0.2) is 41.3 Å². The number of hydrogen-bond acceptors (Lipinski definition) is 3. The summed E-state index contributed by atoms with van der Waals surface area (Å²) in [6, 6.07) is 8.18. The van der Waals surface area contributed by atoms with Crippen LogP contribution >= 0.6 is 11.6 Å². The highest BCUT2D eigenvalue weighted by Crippen LogP contribution is 2.34. The zero-order valence-electron chi connectivity index (χ0n) is 11.0. The topological polar surface area (TPSA) is 43.4 Å². The molecule has 0 saturated heterocycles. The molecule has 6 heteroatoms. The first kappa shape index (κ1) is 14.4. The predicted molar refractivity (Wildman–Crippen MR) is 77.9 cm³/mol. The molecule has 2 aromatic carbocycles. The summed E-state index contributed by atoms with van der Waals surface area (Å²) in [4.78, 5) is 0.0793. The minimum Gasteiger partial charge on any atom is -0.493 e. The van der Waals surface area contributed by atoms with E-state index in [1.54, 1.807) is 12.1 Å². The van der Waals surface area contributed by atoms with Gasteiger partial charge in [0.1, 0.15) is 11.6 Å². The molecule has 0 radical (unpaired) electrons. The van der Waals surface area contributed by atoms with Gasteiger partial charge < -0.3 is 4.74 Å². The number of benzene rings is 2. The van der Waals surface area contributed by atoms with Crippen LogP contribution in [0.3, 0.4) is 0 Å². The van der Waals surface area contributed by atoms with Crippen LogP contribution in [0.5, 0.6) is 5.75 Å². The first-order valence-corrected chi connectivity index (χ1v) is 8.41. The van der Waals surface area contributed by atoms with Crippen molar-refractivity contribution < 1.29 is 17.5 Å². The van der Waals surface area contributed by atoms with Gasteiger partial charge in [-0.2, -0.15) is 0 Å². The van der Waals surface area contributed by atoms with Crippen LogP contribution in [0.1, 0.15) is 11.1 Å². The lowest BCUT2D eigenvalue weighted by Gasteiger charge is -2.10. The van der Waals surface area contributed by atoms with Crippen molar-refractivity contribution in [3.05, 3.63) is 58.4 Å². The fourth-order valence-electron chi connectivity index (χ4n) is 2.38. The van der Waals surface area contributed by atoms with E-state index in [0.29, 0.717) is 22.9 Å². The number of fused-ring (bicyclic) bond motifs is 1. The molecule has 3 nitrogen and oxygen atoms in total. The van der Waals surface area contributed by atoms with E-state index in [-0.39, 0.29) is 10.6 Å². The Morgan fingerprint density at radius 2 is 1.90 bits per heavy atom. The van der Waals surface area contributed by atoms with Crippen molar-refractivity contribution in [2.75, 3.05) is 6.61 Å². The van der Waals surface area contributed by atoms with E-state index in [4.69, 9.17) is 16.3 Å². The second-order valence-electron chi connectivity index (χ2n) is 4.86. The molecule has 0 aliphatic carbocycles.